The van der Waals surface area contributed by atoms with Gasteiger partial charge in [0, 0.05) is 140 Å². The summed E-state index contributed by atoms with van der Waals surface area (Å²) in [6.07, 6.45) is 2.92. The third kappa shape index (κ3) is 23.6. The summed E-state index contributed by atoms with van der Waals surface area (Å²) >= 11 is 0. The second-order valence-corrected chi connectivity index (χ2v) is 37.2. The number of aromatic nitrogens is 6. The molecule has 730 valence electrons. The highest BCUT2D eigenvalue weighted by Gasteiger charge is 2.79. The van der Waals surface area contributed by atoms with Gasteiger partial charge in [-0.25, -0.2) is 29.7 Å². The molecule has 3 saturated heterocycles. The molecule has 4 unspecified atom stereocenters. The number of anilines is 2. The predicted molar refractivity (Wildman–Crippen MR) is 480 cm³/mol. The number of unbranched alkanes of at least 4 members (excludes halogenated alkanes) is 1. The molecule has 135 heavy (non-hydrogen) atoms. The van der Waals surface area contributed by atoms with Crippen LogP contribution in [0.2, 0.25) is 0 Å². The first-order chi connectivity index (χ1) is 64.7. The summed E-state index contributed by atoms with van der Waals surface area (Å²) in [6, 6.07) is 17.5. The quantitative estimate of drug-likeness (QED) is 0.00676. The molecule has 5 amide bonds. The number of fused-ring (bicyclic) bond motifs is 7. The summed E-state index contributed by atoms with van der Waals surface area (Å²) in [4.78, 5) is 184. The van der Waals surface area contributed by atoms with E-state index in [1.807, 2.05) is 86.4 Å². The third-order valence-corrected chi connectivity index (χ3v) is 28.7. The van der Waals surface area contributed by atoms with Gasteiger partial charge in [0.15, 0.2) is 41.1 Å². The van der Waals surface area contributed by atoms with Crippen molar-refractivity contribution in [2.24, 2.45) is 17.3 Å². The molecule has 14 rings (SSSR count). The number of aliphatic carboxylic acids is 1. The number of hydrazine groups is 1. The number of hydrogen-bond acceptors (Lipinski definition) is 36. The minimum absolute atomic E-state index is 0.00139. The van der Waals surface area contributed by atoms with E-state index < -0.39 is 118 Å². The highest BCUT2D eigenvalue weighted by atomic mass is 33.1. The number of nitrogens with one attached hydrogen (secondary N) is 7. The van der Waals surface area contributed by atoms with Gasteiger partial charge in [0.2, 0.25) is 11.8 Å². The Morgan fingerprint density at radius 1 is 0.844 bits per heavy atom. The van der Waals surface area contributed by atoms with Crippen molar-refractivity contribution in [2.75, 3.05) is 95.0 Å². The zero-order valence-electron chi connectivity index (χ0n) is 76.2. The summed E-state index contributed by atoms with van der Waals surface area (Å²) in [6.45, 7) is 14.3. The van der Waals surface area contributed by atoms with Gasteiger partial charge < -0.3 is 90.6 Å². The molecule has 14 N–H and O–H groups in total. The van der Waals surface area contributed by atoms with Crippen molar-refractivity contribution in [2.45, 2.75) is 221 Å². The highest BCUT2D eigenvalue weighted by Crippen LogP contribution is 2.68. The van der Waals surface area contributed by atoms with Gasteiger partial charge in [-0.3, -0.25) is 48.8 Å². The molecule has 4 fully saturated rings. The zero-order chi connectivity index (χ0) is 98.3. The van der Waals surface area contributed by atoms with Crippen LogP contribution in [0.25, 0.3) is 10.9 Å². The van der Waals surface area contributed by atoms with Crippen molar-refractivity contribution in [3.05, 3.63) is 136 Å². The topological polar surface area (TPSA) is 598 Å². The average Bonchev–Trinajstić information content (AvgIpc) is 1.49. The smallest absolute Gasteiger partial charge is 0.426 e. The molecule has 44 heteroatoms. The molecular weight excluding hydrogens is 1800 g/mol. The molecule has 42 nitrogen and oxygen atoms in total. The molecule has 6 aromatic rings. The lowest BCUT2D eigenvalue weighted by atomic mass is 9.47. The standard InChI is InChI=1S/C68H93N11O19S2.C20H24N4O2.3CO2/c1-7-50(82)70-38(4)48(81)28-40(27-41-34-79(75-72-41)22-23-96-58-53(85)51(83)52(84)54(98-58)57(87)88)56(86)69-18-25-99-100-26-24-97-63(91)74-73-62(90)68(93)60-67(17-21-78-19-12-16-65(9-3,59(67)78)61(68)89)44-29-45(49(94-6)30-47(44)76(60)5)66(36-95-37-80)32-39-31-64(92,8-2)35-77(33-39)20-15-43-42-13-10-11-14-46(42)71-55(43)66;1-3-4-5-17(25)15-9-6-14(7-10-15)8-11-16-12-21-19-18(24-16)20(26)23-13(2)22-19;3*2-1-3/h10-14,16,29-30,34,37-40,51-54,58-61,71,83-85,89,92-93H,7-9,15,17-28,31-33,35-36H2,1-6H3,(H,69,86)(H,70,82)(H,73,90)(H,74,91)(H,87,88);6-7,9-10,12-13H,3-5,8,11H2,1-2H3,(H,21,22)(H,23,26);;;/t38-,39+,40+,51-,52-,53?,54?,58+,59-,60+,61+,64-,65+,66-,67+,68-;;;;/m0..../s1. The van der Waals surface area contributed by atoms with Gasteiger partial charge in [-0.05, 0) is 113 Å². The largest absolute Gasteiger partial charge is 0.496 e. The van der Waals surface area contributed by atoms with Crippen molar-refractivity contribution >= 4 is 116 Å². The van der Waals surface area contributed by atoms with Crippen LogP contribution in [-0.4, -0.2) is 305 Å². The number of carboxylic acids is 1. The minimum Gasteiger partial charge on any atom is -0.496 e. The lowest BCUT2D eigenvalue weighted by Crippen LogP contribution is -2.82. The fourth-order valence-corrected chi connectivity index (χ4v) is 22.0. The number of ketones is 2. The number of piperidine rings is 1. The molecule has 10 heterocycles. The summed E-state index contributed by atoms with van der Waals surface area (Å²) in [5.41, 5.74) is 6.30. The summed E-state index contributed by atoms with van der Waals surface area (Å²) in [7, 11) is 6.08. The zero-order valence-corrected chi connectivity index (χ0v) is 77.8. The van der Waals surface area contributed by atoms with Crippen LogP contribution >= 0.6 is 21.6 Å². The van der Waals surface area contributed by atoms with E-state index in [4.69, 9.17) is 52.5 Å². The molecule has 8 aliphatic rings. The normalized spacial score (nSPS) is 26.7. The van der Waals surface area contributed by atoms with Crippen molar-refractivity contribution < 1.29 is 131 Å². The lowest BCUT2D eigenvalue weighted by Gasteiger charge is -2.63. The highest BCUT2D eigenvalue weighted by molar-refractivity contribution is 8.76. The van der Waals surface area contributed by atoms with E-state index in [2.05, 4.69) is 86.2 Å². The molecule has 1 saturated carbocycles. The van der Waals surface area contributed by atoms with Gasteiger partial charge >= 0.3 is 30.5 Å². The molecule has 1 aliphatic carbocycles. The Morgan fingerprint density at radius 2 is 1.57 bits per heavy atom. The number of nitrogens with zero attached hydrogens (tertiary/aromatic N) is 8. The number of aliphatic hydroxyl groups excluding tert-OH is 4. The van der Waals surface area contributed by atoms with Gasteiger partial charge in [-0.15, -0.1) is 5.10 Å². The van der Waals surface area contributed by atoms with E-state index in [-0.39, 0.29) is 106 Å². The molecule has 0 radical (unpaired) electrons. The predicted octanol–water partition coefficient (Wildman–Crippen LogP) is 2.12. The number of likely N-dealkylation sites (N-methyl/N-ethyl adjacent to an activating group) is 1. The van der Waals surface area contributed by atoms with Crippen LogP contribution in [0.4, 0.5) is 16.3 Å². The van der Waals surface area contributed by atoms with Crippen molar-refractivity contribution in [3.63, 3.8) is 0 Å². The van der Waals surface area contributed by atoms with Gasteiger partial charge in [0.25, 0.3) is 18.3 Å². The van der Waals surface area contributed by atoms with Gasteiger partial charge in [-0.1, -0.05) is 116 Å². The number of benzene rings is 3. The number of hydrogen-bond donors (Lipinski definition) is 14. The minimum atomic E-state index is -2.59. The number of Topliss-reactive ketones (excluding diaryl/α,β-unsaturated/α-hetero) is 2. The Balaban J connectivity index is 0.000000451. The SMILES string of the molecule is CCC(=O)N[C@@H](C)C(=O)C[C@@H](Cc1cn(CCO[C@@H]2OC(C(=O)O)[C@@H](O)[C@H](O)C2O)nn1)C(=O)NCCSSCCOC(=O)NNC(=O)[C@@]1(O)[C@H](O)[C@]2(CC)C=CCN3CC[C@@]4(c5cc([C@@]6(COC=O)C[C@@H]7CN(CCc8c6[nH]c6ccccc86)C[C@](O)(CC)C7)c(OC)cc5N(C)[C@@H]14)[C@@H]32.CCCCC(=O)c1ccc(CCc2cnc3c(n2)C(=O)NC(C)N3)cc1.O=C=O.O=C=O.O=C=O. The van der Waals surface area contributed by atoms with Crippen molar-refractivity contribution in [3.8, 4) is 5.75 Å². The summed E-state index contributed by atoms with van der Waals surface area (Å²) in [5, 5.41) is 99.2. The number of methoxy groups -OCH3 is 1. The number of rotatable bonds is 35. The van der Waals surface area contributed by atoms with E-state index >= 15 is 4.79 Å². The monoisotopic (exact) mass is 1920 g/mol. The number of amides is 5. The van der Waals surface area contributed by atoms with Crippen LogP contribution in [0.1, 0.15) is 166 Å². The number of carboxylic acid groups (broad SMARTS) is 1. The van der Waals surface area contributed by atoms with Gasteiger partial charge in [0.1, 0.15) is 43.4 Å². The Labute approximate surface area is 785 Å². The Bertz CT molecular complexity index is 5290. The number of aromatic amines is 1. The van der Waals surface area contributed by atoms with E-state index in [0.29, 0.717) is 125 Å². The second-order valence-electron chi connectivity index (χ2n) is 34.5. The van der Waals surface area contributed by atoms with Crippen LogP contribution in [0.3, 0.4) is 0 Å². The number of carbonyl (C=O) groups is 9. The first-order valence-electron chi connectivity index (χ1n) is 44.6. The molecular formula is C91H117N15O27S2. The maximum absolute atomic E-state index is 15.2. The lowest BCUT2D eigenvalue weighted by molar-refractivity contribution is -0.294. The van der Waals surface area contributed by atoms with Gasteiger partial charge in [0.05, 0.1) is 73.0 Å². The Morgan fingerprint density at radius 3 is 2.26 bits per heavy atom. The average molecular weight is 1920 g/mol. The molecule has 2 bridgehead atoms. The molecule has 3 aromatic carbocycles. The number of H-pyrrole nitrogens is 1. The fraction of sp³-hybridized carbons (Fsp3) is 0.560. The fourth-order valence-electron chi connectivity index (χ4n) is 20.3. The van der Waals surface area contributed by atoms with Crippen LogP contribution < -0.4 is 41.8 Å². The van der Waals surface area contributed by atoms with E-state index in [1.54, 1.807) is 27.3 Å². The van der Waals surface area contributed by atoms with E-state index in [1.165, 1.54) is 39.4 Å². The van der Waals surface area contributed by atoms with Crippen LogP contribution in [0.15, 0.2) is 85.2 Å². The van der Waals surface area contributed by atoms with Gasteiger partial charge in [-0.2, -0.15) is 28.8 Å². The second kappa shape index (κ2) is 47.8. The molecule has 3 aromatic heterocycles. The first-order valence-corrected chi connectivity index (χ1v) is 47.1. The van der Waals surface area contributed by atoms with Crippen LogP contribution in [0.5, 0.6) is 5.75 Å². The number of carbonyl (C=O) groups excluding carboxylic acids is 14. The van der Waals surface area contributed by atoms with Crippen molar-refractivity contribution in [1.82, 2.24) is 66.5 Å². The number of para-hydroxylation sites is 1. The molecule has 1 spiro atoms. The molecule has 18 atom stereocenters. The summed E-state index contributed by atoms with van der Waals surface area (Å²) in [5.74, 6) is -3.18. The van der Waals surface area contributed by atoms with E-state index in [9.17, 15) is 74.1 Å². The third-order valence-electron chi connectivity index (χ3n) is 26.4. The number of aliphatic hydroxyl groups is 6. The van der Waals surface area contributed by atoms with Crippen LogP contribution in [-0.2, 0) is 120 Å². The molecule has 7 aliphatic heterocycles. The van der Waals surface area contributed by atoms with Crippen molar-refractivity contribution in [1.29, 1.82) is 0 Å². The number of ether oxygens (including phenoxy) is 5. The summed E-state index contributed by atoms with van der Waals surface area (Å²) < 4.78 is 29.9. The maximum Gasteiger partial charge on any atom is 0.426 e. The maximum atomic E-state index is 15.2. The van der Waals surface area contributed by atoms with E-state index in [0.717, 1.165) is 69.4 Å². The Hall–Kier alpha value is -11.6. The first kappa shape index (κ1) is 105. The number of aryl methyl sites for hydroxylation is 2. The Kier molecular flexibility index (Phi) is 37.3. The van der Waals surface area contributed by atoms with Crippen LogP contribution in [0, 0.1) is 17.3 Å².